The third-order valence-corrected chi connectivity index (χ3v) is 3.71. The van der Waals surface area contributed by atoms with Crippen LogP contribution in [0.15, 0.2) is 18.2 Å². The molecule has 0 radical (unpaired) electrons. The minimum absolute atomic E-state index is 0.747. The van der Waals surface area contributed by atoms with Gasteiger partial charge in [-0.3, -0.25) is 0 Å². The lowest BCUT2D eigenvalue weighted by atomic mass is 9.78. The van der Waals surface area contributed by atoms with Crippen LogP contribution in [-0.4, -0.2) is 0 Å². The van der Waals surface area contributed by atoms with Crippen LogP contribution in [-0.2, 0) is 0 Å². The van der Waals surface area contributed by atoms with Crippen molar-refractivity contribution in [3.05, 3.63) is 29.3 Å². The third-order valence-electron chi connectivity index (χ3n) is 3.71. The van der Waals surface area contributed by atoms with Crippen molar-refractivity contribution in [3.8, 4) is 0 Å². The van der Waals surface area contributed by atoms with Crippen molar-refractivity contribution in [3.63, 3.8) is 0 Å². The first-order chi connectivity index (χ1) is 7.16. The predicted molar refractivity (Wildman–Crippen MR) is 66.0 cm³/mol. The summed E-state index contributed by atoms with van der Waals surface area (Å²) in [6.45, 7) is 4.44. The fraction of sp³-hybridized carbons (Fsp3) is 0.571. The molecular weight excluding hydrogens is 182 g/mol. The number of benzene rings is 1. The van der Waals surface area contributed by atoms with Gasteiger partial charge in [0.25, 0.3) is 0 Å². The highest BCUT2D eigenvalue weighted by Crippen LogP contribution is 2.36. The highest BCUT2D eigenvalue weighted by atomic mass is 14.6. The van der Waals surface area contributed by atoms with E-state index in [0.717, 1.165) is 17.5 Å². The monoisotopic (exact) mass is 203 g/mol. The zero-order chi connectivity index (χ0) is 10.8. The van der Waals surface area contributed by atoms with Crippen LogP contribution in [0.25, 0.3) is 0 Å². The molecule has 2 rings (SSSR count). The van der Waals surface area contributed by atoms with Gasteiger partial charge in [0.05, 0.1) is 0 Å². The van der Waals surface area contributed by atoms with Gasteiger partial charge in [0.15, 0.2) is 0 Å². The topological polar surface area (TPSA) is 26.0 Å². The Hall–Kier alpha value is -0.980. The summed E-state index contributed by atoms with van der Waals surface area (Å²) in [7, 11) is 0. The molecule has 0 saturated heterocycles. The quantitative estimate of drug-likeness (QED) is 0.689. The Morgan fingerprint density at radius 1 is 1.27 bits per heavy atom. The second-order valence-corrected chi connectivity index (χ2v) is 5.08. The summed E-state index contributed by atoms with van der Waals surface area (Å²) in [6.07, 6.45) is 5.45. The van der Waals surface area contributed by atoms with Gasteiger partial charge in [-0.25, -0.2) is 0 Å². The minimum Gasteiger partial charge on any atom is -0.399 e. The summed E-state index contributed by atoms with van der Waals surface area (Å²) in [5.41, 5.74) is 9.56. The minimum atomic E-state index is 0.747. The Kier molecular flexibility index (Phi) is 2.99. The van der Waals surface area contributed by atoms with E-state index in [1.165, 1.54) is 36.8 Å². The molecule has 0 aromatic heterocycles. The zero-order valence-corrected chi connectivity index (χ0v) is 9.79. The van der Waals surface area contributed by atoms with Gasteiger partial charge in [-0.1, -0.05) is 31.9 Å². The normalized spacial score (nSPS) is 26.5. The number of rotatable bonds is 1. The van der Waals surface area contributed by atoms with E-state index in [1.807, 2.05) is 0 Å². The van der Waals surface area contributed by atoms with Crippen LogP contribution in [0.3, 0.4) is 0 Å². The van der Waals surface area contributed by atoms with Gasteiger partial charge in [0, 0.05) is 5.69 Å². The SMILES string of the molecule is Cc1ccc(C2CCCC(C)C2)cc1N. The summed E-state index contributed by atoms with van der Waals surface area (Å²) in [6, 6.07) is 6.59. The lowest BCUT2D eigenvalue weighted by Crippen LogP contribution is -2.12. The van der Waals surface area contributed by atoms with Gasteiger partial charge in [-0.05, 0) is 48.8 Å². The Morgan fingerprint density at radius 3 is 2.73 bits per heavy atom. The van der Waals surface area contributed by atoms with Crippen LogP contribution in [0.2, 0.25) is 0 Å². The summed E-state index contributed by atoms with van der Waals surface area (Å²) in [4.78, 5) is 0. The molecule has 1 heteroatoms. The molecular formula is C14H21N. The van der Waals surface area contributed by atoms with Gasteiger partial charge in [-0.15, -0.1) is 0 Å². The van der Waals surface area contributed by atoms with Crippen molar-refractivity contribution < 1.29 is 0 Å². The van der Waals surface area contributed by atoms with Gasteiger partial charge in [0.2, 0.25) is 0 Å². The van der Waals surface area contributed by atoms with Crippen LogP contribution >= 0.6 is 0 Å². The smallest absolute Gasteiger partial charge is 0.0346 e. The molecule has 15 heavy (non-hydrogen) atoms. The molecule has 82 valence electrons. The molecule has 1 fully saturated rings. The molecule has 1 aliphatic carbocycles. The molecule has 1 aromatic carbocycles. The van der Waals surface area contributed by atoms with Crippen molar-refractivity contribution in [1.82, 2.24) is 0 Å². The predicted octanol–water partition coefficient (Wildman–Crippen LogP) is 3.87. The molecule has 1 aromatic rings. The first-order valence-electron chi connectivity index (χ1n) is 6.03. The molecule has 1 saturated carbocycles. The average molecular weight is 203 g/mol. The second kappa shape index (κ2) is 4.26. The Labute approximate surface area is 92.7 Å². The average Bonchev–Trinajstić information content (AvgIpc) is 2.22. The molecule has 2 atom stereocenters. The Morgan fingerprint density at radius 2 is 2.07 bits per heavy atom. The number of nitrogens with two attached hydrogens (primary N) is 1. The number of nitrogen functional groups attached to an aromatic ring is 1. The Balaban J connectivity index is 2.18. The second-order valence-electron chi connectivity index (χ2n) is 5.08. The molecule has 0 amide bonds. The Bertz CT molecular complexity index is 343. The number of anilines is 1. The van der Waals surface area contributed by atoms with Crippen molar-refractivity contribution in [2.45, 2.75) is 45.4 Å². The van der Waals surface area contributed by atoms with Crippen LogP contribution in [0.4, 0.5) is 5.69 Å². The fourth-order valence-electron chi connectivity index (χ4n) is 2.65. The van der Waals surface area contributed by atoms with Crippen molar-refractivity contribution in [2.24, 2.45) is 5.92 Å². The lowest BCUT2D eigenvalue weighted by molar-refractivity contribution is 0.344. The molecule has 0 bridgehead atoms. The van der Waals surface area contributed by atoms with E-state index in [1.54, 1.807) is 0 Å². The van der Waals surface area contributed by atoms with E-state index in [0.29, 0.717) is 0 Å². The van der Waals surface area contributed by atoms with E-state index in [2.05, 4.69) is 32.0 Å². The standard InChI is InChI=1S/C14H21N/c1-10-4-3-5-12(8-10)13-7-6-11(2)14(15)9-13/h6-7,9-10,12H,3-5,8,15H2,1-2H3. The van der Waals surface area contributed by atoms with E-state index in [4.69, 9.17) is 5.73 Å². The van der Waals surface area contributed by atoms with Gasteiger partial charge >= 0.3 is 0 Å². The fourth-order valence-corrected chi connectivity index (χ4v) is 2.65. The highest BCUT2D eigenvalue weighted by Gasteiger charge is 2.20. The third kappa shape index (κ3) is 2.34. The molecule has 0 spiro atoms. The van der Waals surface area contributed by atoms with E-state index >= 15 is 0 Å². The summed E-state index contributed by atoms with van der Waals surface area (Å²) in [5, 5.41) is 0. The first kappa shape index (κ1) is 10.5. The van der Waals surface area contributed by atoms with Crippen molar-refractivity contribution in [1.29, 1.82) is 0 Å². The van der Waals surface area contributed by atoms with Crippen LogP contribution in [0.1, 0.15) is 49.7 Å². The van der Waals surface area contributed by atoms with Gasteiger partial charge in [-0.2, -0.15) is 0 Å². The van der Waals surface area contributed by atoms with Gasteiger partial charge < -0.3 is 5.73 Å². The highest BCUT2D eigenvalue weighted by molar-refractivity contribution is 5.49. The summed E-state index contributed by atoms with van der Waals surface area (Å²) in [5.74, 6) is 1.63. The summed E-state index contributed by atoms with van der Waals surface area (Å²) >= 11 is 0. The maximum Gasteiger partial charge on any atom is 0.0346 e. The van der Waals surface area contributed by atoms with Gasteiger partial charge in [0.1, 0.15) is 0 Å². The maximum atomic E-state index is 5.96. The lowest BCUT2D eigenvalue weighted by Gasteiger charge is -2.27. The molecule has 0 heterocycles. The van der Waals surface area contributed by atoms with E-state index in [9.17, 15) is 0 Å². The van der Waals surface area contributed by atoms with E-state index < -0.39 is 0 Å². The number of hydrogen-bond acceptors (Lipinski definition) is 1. The number of hydrogen-bond donors (Lipinski definition) is 1. The zero-order valence-electron chi connectivity index (χ0n) is 9.79. The largest absolute Gasteiger partial charge is 0.399 e. The van der Waals surface area contributed by atoms with Crippen molar-refractivity contribution >= 4 is 5.69 Å². The van der Waals surface area contributed by atoms with Crippen LogP contribution in [0.5, 0.6) is 0 Å². The van der Waals surface area contributed by atoms with Crippen LogP contribution < -0.4 is 5.73 Å². The molecule has 0 aliphatic heterocycles. The molecule has 1 nitrogen and oxygen atoms in total. The van der Waals surface area contributed by atoms with Crippen LogP contribution in [0, 0.1) is 12.8 Å². The van der Waals surface area contributed by atoms with E-state index in [-0.39, 0.29) is 0 Å². The molecule has 2 N–H and O–H groups in total. The molecule has 2 unspecified atom stereocenters. The number of aryl methyl sites for hydroxylation is 1. The summed E-state index contributed by atoms with van der Waals surface area (Å²) < 4.78 is 0. The van der Waals surface area contributed by atoms with Crippen molar-refractivity contribution in [2.75, 3.05) is 5.73 Å². The first-order valence-corrected chi connectivity index (χ1v) is 6.03. The maximum absolute atomic E-state index is 5.96. The molecule has 1 aliphatic rings.